The SMILES string of the molecule is CCOC(=O)C1=C(C)N(c2ccccc2)C(=O)N[C@H]1c1ccc(N(C)C)cc1. The van der Waals surface area contributed by atoms with Crippen LogP contribution in [0.4, 0.5) is 16.2 Å². The molecule has 146 valence electrons. The maximum atomic E-state index is 12.9. The monoisotopic (exact) mass is 379 g/mol. The lowest BCUT2D eigenvalue weighted by Gasteiger charge is -2.35. The molecule has 0 spiro atoms. The molecule has 0 aliphatic carbocycles. The van der Waals surface area contributed by atoms with Gasteiger partial charge in [0.05, 0.1) is 23.9 Å². The number of rotatable bonds is 5. The molecule has 1 N–H and O–H groups in total. The molecule has 6 heteroatoms. The molecule has 3 rings (SSSR count). The Morgan fingerprint density at radius 2 is 1.75 bits per heavy atom. The third-order valence-corrected chi connectivity index (χ3v) is 4.74. The first-order valence-corrected chi connectivity index (χ1v) is 9.25. The van der Waals surface area contributed by atoms with Gasteiger partial charge in [-0.2, -0.15) is 0 Å². The summed E-state index contributed by atoms with van der Waals surface area (Å²) in [6.45, 7) is 3.81. The van der Waals surface area contributed by atoms with Gasteiger partial charge in [-0.25, -0.2) is 9.59 Å². The molecule has 0 unspecified atom stereocenters. The Bertz CT molecular complexity index is 889. The van der Waals surface area contributed by atoms with Gasteiger partial charge in [-0.15, -0.1) is 0 Å². The number of carbonyl (C=O) groups is 2. The van der Waals surface area contributed by atoms with Gasteiger partial charge in [-0.05, 0) is 43.7 Å². The Kier molecular flexibility index (Phi) is 5.68. The molecule has 0 aromatic heterocycles. The molecule has 2 amide bonds. The average Bonchev–Trinajstić information content (AvgIpc) is 2.68. The van der Waals surface area contributed by atoms with Crippen molar-refractivity contribution < 1.29 is 14.3 Å². The standard InChI is InChI=1S/C22H25N3O3/c1-5-28-21(26)19-15(2)25(18-9-7-6-8-10-18)22(27)23-20(19)16-11-13-17(14-12-16)24(3)4/h6-14,20H,5H2,1-4H3,(H,23,27)/t20-/m0/s1. The summed E-state index contributed by atoms with van der Waals surface area (Å²) in [4.78, 5) is 29.2. The van der Waals surface area contributed by atoms with E-state index in [1.807, 2.05) is 73.6 Å². The van der Waals surface area contributed by atoms with Crippen molar-refractivity contribution in [1.29, 1.82) is 0 Å². The van der Waals surface area contributed by atoms with Gasteiger partial charge < -0.3 is 15.0 Å². The van der Waals surface area contributed by atoms with E-state index in [2.05, 4.69) is 5.32 Å². The number of esters is 1. The van der Waals surface area contributed by atoms with E-state index in [1.54, 1.807) is 13.8 Å². The quantitative estimate of drug-likeness (QED) is 0.802. The van der Waals surface area contributed by atoms with Gasteiger partial charge in [0, 0.05) is 25.5 Å². The Labute approximate surface area is 165 Å². The molecule has 28 heavy (non-hydrogen) atoms. The van der Waals surface area contributed by atoms with Gasteiger partial charge >= 0.3 is 12.0 Å². The lowest BCUT2D eigenvalue weighted by Crippen LogP contribution is -2.48. The normalized spacial score (nSPS) is 16.6. The second kappa shape index (κ2) is 8.17. The highest BCUT2D eigenvalue weighted by Crippen LogP contribution is 2.34. The van der Waals surface area contributed by atoms with Crippen LogP contribution < -0.4 is 15.1 Å². The Balaban J connectivity index is 2.08. The number of allylic oxidation sites excluding steroid dienone is 1. The highest BCUT2D eigenvalue weighted by atomic mass is 16.5. The Morgan fingerprint density at radius 3 is 2.32 bits per heavy atom. The van der Waals surface area contributed by atoms with Crippen molar-refractivity contribution in [3.8, 4) is 0 Å². The summed E-state index contributed by atoms with van der Waals surface area (Å²) in [5.41, 5.74) is 3.56. The number of nitrogens with zero attached hydrogens (tertiary/aromatic N) is 2. The topological polar surface area (TPSA) is 61.9 Å². The number of para-hydroxylation sites is 1. The lowest BCUT2D eigenvalue weighted by atomic mass is 9.94. The van der Waals surface area contributed by atoms with E-state index >= 15 is 0 Å². The van der Waals surface area contributed by atoms with Gasteiger partial charge in [0.25, 0.3) is 0 Å². The van der Waals surface area contributed by atoms with Crippen molar-refractivity contribution in [2.75, 3.05) is 30.5 Å². The number of nitrogens with one attached hydrogen (secondary N) is 1. The first kappa shape index (κ1) is 19.5. The Hall–Kier alpha value is -3.28. The van der Waals surface area contributed by atoms with Crippen LogP contribution in [0.1, 0.15) is 25.5 Å². The van der Waals surface area contributed by atoms with Crippen LogP contribution in [-0.4, -0.2) is 32.7 Å². The smallest absolute Gasteiger partial charge is 0.338 e. The first-order chi connectivity index (χ1) is 13.4. The molecule has 0 radical (unpaired) electrons. The average molecular weight is 379 g/mol. The van der Waals surface area contributed by atoms with Crippen molar-refractivity contribution in [2.45, 2.75) is 19.9 Å². The van der Waals surface area contributed by atoms with Crippen LogP contribution in [0.5, 0.6) is 0 Å². The fourth-order valence-electron chi connectivity index (χ4n) is 3.32. The van der Waals surface area contributed by atoms with Crippen molar-refractivity contribution in [2.24, 2.45) is 0 Å². The molecule has 0 bridgehead atoms. The van der Waals surface area contributed by atoms with Gasteiger partial charge in [0.2, 0.25) is 0 Å². The molecule has 0 saturated carbocycles. The summed E-state index contributed by atoms with van der Waals surface area (Å²) in [6.07, 6.45) is 0. The second-order valence-corrected chi connectivity index (χ2v) is 6.76. The van der Waals surface area contributed by atoms with Crippen LogP contribution in [0.15, 0.2) is 65.9 Å². The molecule has 6 nitrogen and oxygen atoms in total. The second-order valence-electron chi connectivity index (χ2n) is 6.76. The fourth-order valence-corrected chi connectivity index (χ4v) is 3.32. The van der Waals surface area contributed by atoms with Crippen LogP contribution in [0.25, 0.3) is 0 Å². The summed E-state index contributed by atoms with van der Waals surface area (Å²) in [5.74, 6) is -0.428. The number of anilines is 2. The maximum Gasteiger partial charge on any atom is 0.338 e. The number of benzene rings is 2. The molecule has 1 aliphatic heterocycles. The van der Waals surface area contributed by atoms with E-state index < -0.39 is 12.0 Å². The lowest BCUT2D eigenvalue weighted by molar-refractivity contribution is -0.139. The number of urea groups is 1. The largest absolute Gasteiger partial charge is 0.463 e. The molecule has 0 saturated heterocycles. The molecule has 2 aromatic rings. The van der Waals surface area contributed by atoms with Crippen molar-refractivity contribution >= 4 is 23.4 Å². The van der Waals surface area contributed by atoms with E-state index in [9.17, 15) is 9.59 Å². The van der Waals surface area contributed by atoms with E-state index in [0.29, 0.717) is 17.0 Å². The summed E-state index contributed by atoms with van der Waals surface area (Å²) < 4.78 is 5.30. The predicted molar refractivity (Wildman–Crippen MR) is 110 cm³/mol. The number of amides is 2. The molecular formula is C22H25N3O3. The summed E-state index contributed by atoms with van der Waals surface area (Å²) in [6, 6.07) is 16.2. The van der Waals surface area contributed by atoms with E-state index in [1.165, 1.54) is 4.90 Å². The maximum absolute atomic E-state index is 12.9. The van der Waals surface area contributed by atoms with E-state index in [0.717, 1.165) is 11.3 Å². The van der Waals surface area contributed by atoms with Crippen molar-refractivity contribution in [3.05, 3.63) is 71.4 Å². The minimum atomic E-state index is -0.567. The molecule has 1 atom stereocenters. The van der Waals surface area contributed by atoms with Crippen LogP contribution in [0.3, 0.4) is 0 Å². The summed E-state index contributed by atoms with van der Waals surface area (Å²) in [7, 11) is 3.92. The first-order valence-electron chi connectivity index (χ1n) is 9.25. The van der Waals surface area contributed by atoms with E-state index in [4.69, 9.17) is 4.74 Å². The van der Waals surface area contributed by atoms with Gasteiger partial charge in [0.15, 0.2) is 0 Å². The molecule has 1 aliphatic rings. The number of hydrogen-bond donors (Lipinski definition) is 1. The van der Waals surface area contributed by atoms with Crippen LogP contribution in [0, 0.1) is 0 Å². The Morgan fingerprint density at radius 1 is 1.11 bits per heavy atom. The van der Waals surface area contributed by atoms with Crippen molar-refractivity contribution in [1.82, 2.24) is 5.32 Å². The van der Waals surface area contributed by atoms with Crippen LogP contribution >= 0.6 is 0 Å². The van der Waals surface area contributed by atoms with Crippen molar-refractivity contribution in [3.63, 3.8) is 0 Å². The number of hydrogen-bond acceptors (Lipinski definition) is 4. The minimum Gasteiger partial charge on any atom is -0.463 e. The minimum absolute atomic E-state index is 0.265. The summed E-state index contributed by atoms with van der Waals surface area (Å²) in [5, 5.41) is 2.96. The highest BCUT2D eigenvalue weighted by Gasteiger charge is 2.37. The molecule has 0 fully saturated rings. The van der Waals surface area contributed by atoms with Crippen LogP contribution in [-0.2, 0) is 9.53 Å². The van der Waals surface area contributed by atoms with E-state index in [-0.39, 0.29) is 12.6 Å². The highest BCUT2D eigenvalue weighted by molar-refractivity contribution is 6.03. The molecular weight excluding hydrogens is 354 g/mol. The molecule has 1 heterocycles. The van der Waals surface area contributed by atoms with Crippen LogP contribution in [0.2, 0.25) is 0 Å². The number of carbonyl (C=O) groups excluding carboxylic acids is 2. The zero-order valence-corrected chi connectivity index (χ0v) is 16.6. The number of ether oxygens (including phenoxy) is 1. The zero-order chi connectivity index (χ0) is 20.3. The summed E-state index contributed by atoms with van der Waals surface area (Å²) >= 11 is 0. The van der Waals surface area contributed by atoms with Gasteiger partial charge in [-0.3, -0.25) is 4.90 Å². The molecule has 2 aromatic carbocycles. The third-order valence-electron chi connectivity index (χ3n) is 4.74. The van der Waals surface area contributed by atoms with Gasteiger partial charge in [-0.1, -0.05) is 30.3 Å². The van der Waals surface area contributed by atoms with Gasteiger partial charge in [0.1, 0.15) is 0 Å². The third kappa shape index (κ3) is 3.71. The predicted octanol–water partition coefficient (Wildman–Crippen LogP) is 3.86. The zero-order valence-electron chi connectivity index (χ0n) is 16.6. The fraction of sp³-hybridized carbons (Fsp3) is 0.273.